The average Bonchev–Trinajstić information content (AvgIpc) is 2.48. The smallest absolute Gasteiger partial charge is 0.414 e. The molecule has 0 saturated heterocycles. The minimum Gasteiger partial charge on any atom is -0.414 e. The summed E-state index contributed by atoms with van der Waals surface area (Å²) in [5, 5.41) is 19.5. The highest BCUT2D eigenvalue weighted by atomic mass is 31.2. The zero-order chi connectivity index (χ0) is 15.3. The van der Waals surface area contributed by atoms with Gasteiger partial charge in [-0.1, -0.05) is 36.4 Å². The normalized spacial score (nSPS) is 14.2. The lowest BCUT2D eigenvalue weighted by Crippen LogP contribution is -2.27. The van der Waals surface area contributed by atoms with Crippen LogP contribution < -0.4 is 9.05 Å². The first-order valence-electron chi connectivity index (χ1n) is 6.46. The zero-order valence-electron chi connectivity index (χ0n) is 11.5. The predicted octanol–water partition coefficient (Wildman–Crippen LogP) is 3.04. The Morgan fingerprint density at radius 1 is 0.857 bits per heavy atom. The summed E-state index contributed by atoms with van der Waals surface area (Å²) in [6.07, 6.45) is -1.26. The van der Waals surface area contributed by atoms with Gasteiger partial charge >= 0.3 is 7.60 Å². The molecule has 0 bridgehead atoms. The van der Waals surface area contributed by atoms with Crippen molar-refractivity contribution in [1.29, 1.82) is 0 Å². The van der Waals surface area contributed by atoms with E-state index in [0.29, 0.717) is 0 Å². The molecule has 0 heterocycles. The van der Waals surface area contributed by atoms with Crippen molar-refractivity contribution in [3.05, 3.63) is 60.7 Å². The quantitative estimate of drug-likeness (QED) is 0.802. The van der Waals surface area contributed by atoms with Crippen molar-refractivity contribution < 1.29 is 23.8 Å². The highest BCUT2D eigenvalue weighted by Gasteiger charge is 2.41. The van der Waals surface area contributed by atoms with Crippen LogP contribution in [0.3, 0.4) is 0 Å². The molecule has 0 aliphatic heterocycles. The Hall–Kier alpha value is -1.81. The highest BCUT2D eigenvalue weighted by Crippen LogP contribution is 2.52. The molecule has 2 N–H and O–H groups in total. The molecule has 21 heavy (non-hydrogen) atoms. The zero-order valence-corrected chi connectivity index (χ0v) is 12.4. The summed E-state index contributed by atoms with van der Waals surface area (Å²) in [4.78, 5) is 0. The standard InChI is InChI=1S/C15H17O5P/c1-12(16)15(17)21(18,19-13-8-4-2-5-9-13)20-14-10-6-3-7-11-14/h2-12,15-17H,1H3/t12-,15-/m1/s1. The van der Waals surface area contributed by atoms with E-state index in [2.05, 4.69) is 0 Å². The second kappa shape index (κ2) is 6.76. The van der Waals surface area contributed by atoms with Gasteiger partial charge in [0.05, 0.1) is 6.10 Å². The number of rotatable bonds is 6. The number of aliphatic hydroxyl groups excluding tert-OH is 2. The Balaban J connectivity index is 2.28. The minimum atomic E-state index is -4.00. The first-order chi connectivity index (χ1) is 10.0. The van der Waals surface area contributed by atoms with Gasteiger partial charge in [-0.25, -0.2) is 4.57 Å². The van der Waals surface area contributed by atoms with E-state index in [-0.39, 0.29) is 11.5 Å². The third-order valence-corrected chi connectivity index (χ3v) is 4.72. The summed E-state index contributed by atoms with van der Waals surface area (Å²) in [5.74, 6) is -1.08. The molecule has 0 fully saturated rings. The van der Waals surface area contributed by atoms with Gasteiger partial charge in [0.1, 0.15) is 11.5 Å². The van der Waals surface area contributed by atoms with E-state index in [1.54, 1.807) is 60.7 Å². The van der Waals surface area contributed by atoms with E-state index in [0.717, 1.165) is 0 Å². The Morgan fingerprint density at radius 2 is 1.24 bits per heavy atom. The van der Waals surface area contributed by atoms with Gasteiger partial charge in [0.15, 0.2) is 0 Å². The molecule has 5 nitrogen and oxygen atoms in total. The molecule has 0 saturated carbocycles. The third-order valence-electron chi connectivity index (χ3n) is 2.71. The van der Waals surface area contributed by atoms with Crippen molar-refractivity contribution >= 4 is 7.60 Å². The molecular formula is C15H17O5P. The molecule has 6 heteroatoms. The molecule has 2 aromatic carbocycles. The van der Waals surface area contributed by atoms with Crippen LogP contribution in [0.15, 0.2) is 60.7 Å². The number of benzene rings is 2. The largest absolute Gasteiger partial charge is 0.461 e. The van der Waals surface area contributed by atoms with Gasteiger partial charge in [-0.05, 0) is 31.2 Å². The number of aliphatic hydroxyl groups is 2. The van der Waals surface area contributed by atoms with Gasteiger partial charge in [-0.2, -0.15) is 0 Å². The lowest BCUT2D eigenvalue weighted by molar-refractivity contribution is 0.0664. The topological polar surface area (TPSA) is 76.0 Å². The van der Waals surface area contributed by atoms with Crippen LogP contribution >= 0.6 is 7.60 Å². The van der Waals surface area contributed by atoms with Crippen molar-refractivity contribution in [3.63, 3.8) is 0 Å². The molecule has 2 aromatic rings. The summed E-state index contributed by atoms with van der Waals surface area (Å²) < 4.78 is 23.5. The van der Waals surface area contributed by atoms with E-state index in [9.17, 15) is 14.8 Å². The Labute approximate surface area is 123 Å². The van der Waals surface area contributed by atoms with Crippen LogP contribution in [0.1, 0.15) is 6.92 Å². The van der Waals surface area contributed by atoms with Crippen LogP contribution in [-0.4, -0.2) is 22.2 Å². The molecule has 0 radical (unpaired) electrons. The van der Waals surface area contributed by atoms with Crippen molar-refractivity contribution in [2.75, 3.05) is 0 Å². The van der Waals surface area contributed by atoms with Crippen LogP contribution in [0.2, 0.25) is 0 Å². The minimum absolute atomic E-state index is 0.288. The van der Waals surface area contributed by atoms with E-state index in [4.69, 9.17) is 9.05 Å². The van der Waals surface area contributed by atoms with Gasteiger partial charge in [-0.15, -0.1) is 0 Å². The maximum absolute atomic E-state index is 12.8. The van der Waals surface area contributed by atoms with Crippen LogP contribution in [0.4, 0.5) is 0 Å². The molecule has 112 valence electrons. The van der Waals surface area contributed by atoms with Crippen molar-refractivity contribution in [3.8, 4) is 11.5 Å². The molecular weight excluding hydrogens is 291 g/mol. The monoisotopic (exact) mass is 308 g/mol. The second-order valence-corrected chi connectivity index (χ2v) is 6.48. The van der Waals surface area contributed by atoms with Crippen LogP contribution in [0.5, 0.6) is 11.5 Å². The average molecular weight is 308 g/mol. The molecule has 0 aliphatic carbocycles. The highest BCUT2D eigenvalue weighted by molar-refractivity contribution is 7.55. The summed E-state index contributed by atoms with van der Waals surface area (Å²) in [7, 11) is -4.00. The van der Waals surface area contributed by atoms with Gasteiger partial charge in [0.25, 0.3) is 0 Å². The maximum Gasteiger partial charge on any atom is 0.461 e. The summed E-state index contributed by atoms with van der Waals surface area (Å²) in [6, 6.07) is 16.8. The number of para-hydroxylation sites is 2. The van der Waals surface area contributed by atoms with Crippen LogP contribution in [0, 0.1) is 0 Å². The third kappa shape index (κ3) is 4.08. The van der Waals surface area contributed by atoms with Crippen molar-refractivity contribution in [2.24, 2.45) is 0 Å². The van der Waals surface area contributed by atoms with E-state index >= 15 is 0 Å². The van der Waals surface area contributed by atoms with Gasteiger partial charge < -0.3 is 19.3 Å². The van der Waals surface area contributed by atoms with Crippen molar-refractivity contribution in [2.45, 2.75) is 18.9 Å². The Bertz CT molecular complexity index is 554. The summed E-state index contributed by atoms with van der Waals surface area (Å²) >= 11 is 0. The summed E-state index contributed by atoms with van der Waals surface area (Å²) in [6.45, 7) is 1.32. The fourth-order valence-electron chi connectivity index (χ4n) is 1.65. The van der Waals surface area contributed by atoms with E-state index in [1.807, 2.05) is 0 Å². The van der Waals surface area contributed by atoms with Gasteiger partial charge in [-0.3, -0.25) is 0 Å². The SMILES string of the molecule is C[C@@H](O)[C@H](O)P(=O)(Oc1ccccc1)Oc1ccccc1. The molecule has 0 aromatic heterocycles. The van der Waals surface area contributed by atoms with Crippen molar-refractivity contribution in [1.82, 2.24) is 0 Å². The summed E-state index contributed by atoms with van der Waals surface area (Å²) in [5.41, 5.74) is 0. The van der Waals surface area contributed by atoms with E-state index < -0.39 is 19.5 Å². The molecule has 2 atom stereocenters. The Morgan fingerprint density at radius 3 is 1.57 bits per heavy atom. The van der Waals surface area contributed by atoms with Crippen LogP contribution in [-0.2, 0) is 4.57 Å². The molecule has 0 unspecified atom stereocenters. The van der Waals surface area contributed by atoms with Gasteiger partial charge in [0.2, 0.25) is 5.85 Å². The molecule has 2 rings (SSSR count). The Kier molecular flexibility index (Phi) is 5.02. The number of hydrogen-bond acceptors (Lipinski definition) is 5. The van der Waals surface area contributed by atoms with Gasteiger partial charge in [0, 0.05) is 0 Å². The molecule has 0 aliphatic rings. The second-order valence-electron chi connectivity index (χ2n) is 4.50. The lowest BCUT2D eigenvalue weighted by atomic mass is 10.3. The molecule has 0 amide bonds. The maximum atomic E-state index is 12.8. The van der Waals surface area contributed by atoms with Crippen LogP contribution in [0.25, 0.3) is 0 Å². The predicted molar refractivity (Wildman–Crippen MR) is 79.4 cm³/mol. The number of hydrogen-bond donors (Lipinski definition) is 2. The fourth-order valence-corrected chi connectivity index (χ4v) is 3.26. The molecule has 0 spiro atoms. The first kappa shape index (κ1) is 15.6. The lowest BCUT2D eigenvalue weighted by Gasteiger charge is -2.25. The fraction of sp³-hybridized carbons (Fsp3) is 0.200. The van der Waals surface area contributed by atoms with E-state index in [1.165, 1.54) is 6.92 Å². The first-order valence-corrected chi connectivity index (χ1v) is 8.07.